The molecule has 0 spiro atoms. The van der Waals surface area contributed by atoms with Crippen LogP contribution in [0.15, 0.2) is 0 Å². The topological polar surface area (TPSA) is 83.1 Å². The van der Waals surface area contributed by atoms with Crippen molar-refractivity contribution in [3.05, 3.63) is 11.6 Å². The molecule has 0 radical (unpaired) electrons. The number of rotatable bonds is 4. The quantitative estimate of drug-likeness (QED) is 0.801. The van der Waals surface area contributed by atoms with Crippen LogP contribution in [-0.2, 0) is 22.3 Å². The highest BCUT2D eigenvalue weighted by Crippen LogP contribution is 2.25. The Bertz CT molecular complexity index is 456. The van der Waals surface area contributed by atoms with Gasteiger partial charge in [-0.2, -0.15) is 13.2 Å². The van der Waals surface area contributed by atoms with Crippen LogP contribution in [0.4, 0.5) is 13.2 Å². The maximum Gasteiger partial charge on any atom is 0.453 e. The number of nitrogens with one attached hydrogen (secondary N) is 2. The minimum atomic E-state index is -4.59. The molecule has 112 valence electrons. The van der Waals surface area contributed by atoms with Gasteiger partial charge in [0.2, 0.25) is 5.91 Å². The number of ether oxygens (including phenoxy) is 1. The van der Waals surface area contributed by atoms with E-state index in [4.69, 9.17) is 4.74 Å². The second-order valence-electron chi connectivity index (χ2n) is 4.27. The van der Waals surface area contributed by atoms with Crippen molar-refractivity contribution in [2.45, 2.75) is 12.7 Å². The lowest BCUT2D eigenvalue weighted by Crippen LogP contribution is -2.43. The lowest BCUT2D eigenvalue weighted by atomic mass is 10.4. The van der Waals surface area contributed by atoms with Gasteiger partial charge in [-0.1, -0.05) is 0 Å². The molecule has 1 aromatic heterocycles. The molecule has 0 unspecified atom stereocenters. The van der Waals surface area contributed by atoms with Gasteiger partial charge >= 0.3 is 6.18 Å². The van der Waals surface area contributed by atoms with Crippen LogP contribution in [0.2, 0.25) is 0 Å². The van der Waals surface area contributed by atoms with E-state index < -0.39 is 12.0 Å². The lowest BCUT2D eigenvalue weighted by Gasteiger charge is -2.25. The van der Waals surface area contributed by atoms with Gasteiger partial charge in [0.25, 0.3) is 5.82 Å². The molecule has 0 bridgehead atoms. The van der Waals surface area contributed by atoms with E-state index >= 15 is 0 Å². The van der Waals surface area contributed by atoms with Gasteiger partial charge in [-0.3, -0.25) is 14.8 Å². The molecule has 0 aliphatic carbocycles. The molecule has 7 nitrogen and oxygen atoms in total. The van der Waals surface area contributed by atoms with Crippen molar-refractivity contribution < 1.29 is 22.7 Å². The first-order valence-corrected chi connectivity index (χ1v) is 6.00. The van der Waals surface area contributed by atoms with E-state index in [-0.39, 0.29) is 24.8 Å². The van der Waals surface area contributed by atoms with Crippen LogP contribution < -0.4 is 5.32 Å². The van der Waals surface area contributed by atoms with Crippen LogP contribution in [0.25, 0.3) is 0 Å². The van der Waals surface area contributed by atoms with Gasteiger partial charge in [-0.05, 0) is 0 Å². The highest BCUT2D eigenvalue weighted by molar-refractivity contribution is 5.77. The number of nitrogens with zero attached hydrogens (tertiary/aromatic N) is 3. The molecule has 1 fully saturated rings. The number of carbonyl (C=O) groups is 1. The zero-order valence-corrected chi connectivity index (χ0v) is 10.5. The second kappa shape index (κ2) is 6.18. The number of hydrogen-bond donors (Lipinski definition) is 2. The Morgan fingerprint density at radius 2 is 2.10 bits per heavy atom. The van der Waals surface area contributed by atoms with Crippen molar-refractivity contribution >= 4 is 5.91 Å². The maximum atomic E-state index is 12.3. The molecule has 1 saturated heterocycles. The van der Waals surface area contributed by atoms with Crippen molar-refractivity contribution in [2.24, 2.45) is 0 Å². The largest absolute Gasteiger partial charge is 0.453 e. The molecular weight excluding hydrogens is 279 g/mol. The third-order valence-electron chi connectivity index (χ3n) is 2.71. The van der Waals surface area contributed by atoms with Gasteiger partial charge in [-0.15, -0.1) is 5.10 Å². The summed E-state index contributed by atoms with van der Waals surface area (Å²) < 4.78 is 41.9. The van der Waals surface area contributed by atoms with Gasteiger partial charge < -0.3 is 10.1 Å². The van der Waals surface area contributed by atoms with E-state index in [1.54, 1.807) is 0 Å². The number of halogens is 3. The maximum absolute atomic E-state index is 12.3. The fourth-order valence-corrected chi connectivity index (χ4v) is 1.70. The molecule has 1 aliphatic rings. The molecule has 0 saturated carbocycles. The molecule has 1 aliphatic heterocycles. The highest BCUT2D eigenvalue weighted by atomic mass is 19.4. The van der Waals surface area contributed by atoms with Gasteiger partial charge in [0.05, 0.1) is 26.3 Å². The highest BCUT2D eigenvalue weighted by Gasteiger charge is 2.36. The van der Waals surface area contributed by atoms with E-state index in [9.17, 15) is 18.0 Å². The van der Waals surface area contributed by atoms with Gasteiger partial charge in [-0.25, -0.2) is 4.98 Å². The molecule has 2 heterocycles. The van der Waals surface area contributed by atoms with Crippen LogP contribution in [-0.4, -0.2) is 58.8 Å². The van der Waals surface area contributed by atoms with E-state index in [0.717, 1.165) is 0 Å². The molecule has 1 amide bonds. The van der Waals surface area contributed by atoms with Crippen molar-refractivity contribution in [2.75, 3.05) is 32.8 Å². The summed E-state index contributed by atoms with van der Waals surface area (Å²) in [5.41, 5.74) is 0. The average Bonchev–Trinajstić information content (AvgIpc) is 2.86. The predicted octanol–water partition coefficient (Wildman–Crippen LogP) is -0.228. The first-order chi connectivity index (χ1) is 9.45. The fraction of sp³-hybridized carbons (Fsp3) is 0.700. The average molecular weight is 293 g/mol. The second-order valence-corrected chi connectivity index (χ2v) is 4.27. The third-order valence-corrected chi connectivity index (χ3v) is 2.71. The number of H-pyrrole nitrogens is 1. The van der Waals surface area contributed by atoms with Gasteiger partial charge in [0.15, 0.2) is 0 Å². The molecule has 10 heteroatoms. The number of alkyl halides is 3. The summed E-state index contributed by atoms with van der Waals surface area (Å²) in [6.45, 7) is 2.53. The van der Waals surface area contributed by atoms with E-state index in [2.05, 4.69) is 20.5 Å². The Morgan fingerprint density at radius 3 is 2.70 bits per heavy atom. The molecule has 20 heavy (non-hydrogen) atoms. The number of amides is 1. The monoisotopic (exact) mass is 293 g/mol. The predicted molar refractivity (Wildman–Crippen MR) is 60.5 cm³/mol. The van der Waals surface area contributed by atoms with E-state index in [0.29, 0.717) is 26.3 Å². The Morgan fingerprint density at radius 1 is 1.40 bits per heavy atom. The molecule has 0 aromatic carbocycles. The van der Waals surface area contributed by atoms with Crippen LogP contribution in [0.3, 0.4) is 0 Å². The number of aromatic amines is 1. The summed E-state index contributed by atoms with van der Waals surface area (Å²) in [7, 11) is 0. The summed E-state index contributed by atoms with van der Waals surface area (Å²) in [5.74, 6) is -1.56. The normalized spacial score (nSPS) is 17.1. The smallest absolute Gasteiger partial charge is 0.379 e. The minimum Gasteiger partial charge on any atom is -0.379 e. The Balaban J connectivity index is 1.76. The Labute approximate surface area is 112 Å². The first kappa shape index (κ1) is 14.7. The fourth-order valence-electron chi connectivity index (χ4n) is 1.70. The van der Waals surface area contributed by atoms with Crippen molar-refractivity contribution in [1.82, 2.24) is 25.4 Å². The summed E-state index contributed by atoms with van der Waals surface area (Å²) >= 11 is 0. The molecule has 2 rings (SSSR count). The summed E-state index contributed by atoms with van der Waals surface area (Å²) in [6.07, 6.45) is -4.59. The summed E-state index contributed by atoms with van der Waals surface area (Å²) in [4.78, 5) is 16.8. The number of carbonyl (C=O) groups excluding carboxylic acids is 1. The number of hydrogen-bond acceptors (Lipinski definition) is 5. The van der Waals surface area contributed by atoms with Crippen LogP contribution in [0.5, 0.6) is 0 Å². The van der Waals surface area contributed by atoms with E-state index in [1.165, 1.54) is 0 Å². The molecule has 1 aromatic rings. The van der Waals surface area contributed by atoms with Crippen molar-refractivity contribution in [3.8, 4) is 0 Å². The minimum absolute atomic E-state index is 0.0346. The first-order valence-electron chi connectivity index (χ1n) is 6.00. The summed E-state index contributed by atoms with van der Waals surface area (Å²) in [6, 6.07) is 0. The zero-order valence-electron chi connectivity index (χ0n) is 10.5. The Kier molecular flexibility index (Phi) is 4.55. The number of aromatic nitrogens is 3. The third kappa shape index (κ3) is 4.17. The van der Waals surface area contributed by atoms with Crippen molar-refractivity contribution in [3.63, 3.8) is 0 Å². The molecule has 0 atom stereocenters. The zero-order chi connectivity index (χ0) is 14.6. The van der Waals surface area contributed by atoms with Crippen LogP contribution in [0.1, 0.15) is 11.6 Å². The van der Waals surface area contributed by atoms with Crippen molar-refractivity contribution in [1.29, 1.82) is 0 Å². The van der Waals surface area contributed by atoms with E-state index in [1.807, 2.05) is 4.90 Å². The Hall–Kier alpha value is -1.68. The van der Waals surface area contributed by atoms with Crippen LogP contribution >= 0.6 is 0 Å². The number of morpholine rings is 1. The summed E-state index contributed by atoms with van der Waals surface area (Å²) in [5, 5.41) is 7.67. The molecule has 2 N–H and O–H groups in total. The van der Waals surface area contributed by atoms with Gasteiger partial charge in [0.1, 0.15) is 5.82 Å². The standard InChI is InChI=1S/C10H14F3N5O2/c11-10(12,13)9-15-7(16-17-9)5-14-8(19)6-18-1-3-20-4-2-18/h1-6H2,(H,14,19)(H,15,16,17). The SMILES string of the molecule is O=C(CN1CCOCC1)NCc1nc(C(F)(F)F)n[nH]1. The van der Waals surface area contributed by atoms with Crippen LogP contribution in [0, 0.1) is 0 Å². The van der Waals surface area contributed by atoms with Gasteiger partial charge in [0, 0.05) is 13.1 Å². The molecular formula is C10H14F3N5O2. The lowest BCUT2D eigenvalue weighted by molar-refractivity contribution is -0.144.